The molecule has 6 N–H and O–H groups in total. The standard InChI is InChI=1S/C2H2O4.2H2O.Sr/c3-1(4)2(5)6;;;/h(H,3,4)(H,5,6);2*1H2;. The van der Waals surface area contributed by atoms with Crippen molar-refractivity contribution in [3.63, 3.8) is 0 Å². The van der Waals surface area contributed by atoms with Crippen LogP contribution in [0.15, 0.2) is 0 Å². The van der Waals surface area contributed by atoms with Crippen molar-refractivity contribution in [3.05, 3.63) is 0 Å². The molecule has 0 aromatic heterocycles. The fourth-order valence-electron chi connectivity index (χ4n) is 0. The van der Waals surface area contributed by atoms with Crippen molar-refractivity contribution in [2.75, 3.05) is 0 Å². The first-order valence-electron chi connectivity index (χ1n) is 1.11. The molecular weight excluding hydrogens is 208 g/mol. The predicted molar refractivity (Wildman–Crippen MR) is 28.3 cm³/mol. The second-order valence-corrected chi connectivity index (χ2v) is 0.610. The molecule has 0 atom stereocenters. The Labute approximate surface area is 87.4 Å². The third kappa shape index (κ3) is 17.8. The van der Waals surface area contributed by atoms with Gasteiger partial charge in [-0.05, 0) is 0 Å². The summed E-state index contributed by atoms with van der Waals surface area (Å²) in [6.45, 7) is 0. The minimum atomic E-state index is -1.82. The van der Waals surface area contributed by atoms with Crippen LogP contribution in [-0.2, 0) is 9.59 Å². The van der Waals surface area contributed by atoms with E-state index in [9.17, 15) is 0 Å². The van der Waals surface area contributed by atoms with Gasteiger partial charge < -0.3 is 21.2 Å². The van der Waals surface area contributed by atoms with Crippen LogP contribution in [0, 0.1) is 0 Å². The molecule has 0 fully saturated rings. The summed E-state index contributed by atoms with van der Waals surface area (Å²) in [6.07, 6.45) is 0. The molecule has 0 saturated heterocycles. The number of carboxylic acid groups (broad SMARTS) is 2. The average molecular weight is 214 g/mol. The molecule has 0 bridgehead atoms. The van der Waals surface area contributed by atoms with Crippen LogP contribution in [0.25, 0.3) is 0 Å². The number of carbonyl (C=O) groups is 2. The van der Waals surface area contributed by atoms with Gasteiger partial charge in [-0.25, -0.2) is 9.59 Å². The van der Waals surface area contributed by atoms with Crippen LogP contribution in [0.3, 0.4) is 0 Å². The Bertz CT molecular complexity index is 77.1. The summed E-state index contributed by atoms with van der Waals surface area (Å²) in [6, 6.07) is 0. The fourth-order valence-corrected chi connectivity index (χ4v) is 0. The number of hydrogen-bond acceptors (Lipinski definition) is 2. The molecule has 0 unspecified atom stereocenters. The molecular formula is C2H6O6Sr. The number of aliphatic carboxylic acids is 2. The van der Waals surface area contributed by atoms with E-state index in [0.717, 1.165) is 0 Å². The normalized spacial score (nSPS) is 4.89. The summed E-state index contributed by atoms with van der Waals surface area (Å²) >= 11 is 0. The summed E-state index contributed by atoms with van der Waals surface area (Å²) in [5, 5.41) is 14.8. The first-order chi connectivity index (χ1) is 2.64. The zero-order chi connectivity index (χ0) is 5.15. The van der Waals surface area contributed by atoms with Gasteiger partial charge in [0, 0.05) is 45.5 Å². The molecule has 0 aliphatic rings. The predicted octanol–water partition coefficient (Wildman–Crippen LogP) is -2.87. The molecule has 9 heavy (non-hydrogen) atoms. The van der Waals surface area contributed by atoms with Gasteiger partial charge >= 0.3 is 11.9 Å². The molecule has 0 saturated carbocycles. The van der Waals surface area contributed by atoms with Gasteiger partial charge in [0.15, 0.2) is 0 Å². The minimum Gasteiger partial charge on any atom is -0.473 e. The van der Waals surface area contributed by atoms with Gasteiger partial charge in [-0.1, -0.05) is 0 Å². The van der Waals surface area contributed by atoms with Gasteiger partial charge in [-0.2, -0.15) is 0 Å². The monoisotopic (exact) mass is 214 g/mol. The first kappa shape index (κ1) is 22.8. The number of hydrogen-bond donors (Lipinski definition) is 2. The molecule has 0 heterocycles. The SMILES string of the molecule is O.O.O=C(O)C(=O)O.[Sr]. The molecule has 0 aromatic rings. The Morgan fingerprint density at radius 2 is 1.00 bits per heavy atom. The van der Waals surface area contributed by atoms with Gasteiger partial charge in [0.25, 0.3) is 0 Å². The van der Waals surface area contributed by atoms with Gasteiger partial charge in [0.05, 0.1) is 0 Å². The topological polar surface area (TPSA) is 138 Å². The Kier molecular flexibility index (Phi) is 28.3. The third-order valence-corrected chi connectivity index (χ3v) is 0.183. The summed E-state index contributed by atoms with van der Waals surface area (Å²) in [5.74, 6) is -3.65. The van der Waals surface area contributed by atoms with Crippen molar-refractivity contribution in [3.8, 4) is 0 Å². The van der Waals surface area contributed by atoms with Crippen LogP contribution < -0.4 is 0 Å². The van der Waals surface area contributed by atoms with E-state index >= 15 is 0 Å². The van der Waals surface area contributed by atoms with E-state index in [1.165, 1.54) is 0 Å². The molecule has 0 spiro atoms. The van der Waals surface area contributed by atoms with Crippen LogP contribution in [-0.4, -0.2) is 78.6 Å². The van der Waals surface area contributed by atoms with Gasteiger partial charge in [-0.15, -0.1) is 0 Å². The zero-order valence-electron chi connectivity index (χ0n) is 4.42. The third-order valence-electron chi connectivity index (χ3n) is 0.183. The molecule has 0 aliphatic carbocycles. The van der Waals surface area contributed by atoms with Crippen molar-refractivity contribution < 1.29 is 30.8 Å². The quantitative estimate of drug-likeness (QED) is 0.330. The summed E-state index contributed by atoms with van der Waals surface area (Å²) < 4.78 is 0. The molecule has 7 heteroatoms. The molecule has 52 valence electrons. The van der Waals surface area contributed by atoms with Crippen LogP contribution in [0.2, 0.25) is 0 Å². The molecule has 0 amide bonds. The van der Waals surface area contributed by atoms with Crippen LogP contribution in [0.4, 0.5) is 0 Å². The van der Waals surface area contributed by atoms with E-state index in [0.29, 0.717) is 0 Å². The maximum absolute atomic E-state index is 9.10. The van der Waals surface area contributed by atoms with Gasteiger partial charge in [0.2, 0.25) is 0 Å². The molecule has 0 rings (SSSR count). The van der Waals surface area contributed by atoms with Crippen molar-refractivity contribution in [2.24, 2.45) is 0 Å². The summed E-state index contributed by atoms with van der Waals surface area (Å²) in [7, 11) is 0. The second kappa shape index (κ2) is 11.2. The van der Waals surface area contributed by atoms with E-state index < -0.39 is 11.9 Å². The van der Waals surface area contributed by atoms with E-state index in [4.69, 9.17) is 19.8 Å². The second-order valence-electron chi connectivity index (χ2n) is 0.610. The summed E-state index contributed by atoms with van der Waals surface area (Å²) in [4.78, 5) is 18.2. The van der Waals surface area contributed by atoms with E-state index in [1.807, 2.05) is 0 Å². The van der Waals surface area contributed by atoms with Crippen LogP contribution in [0.1, 0.15) is 0 Å². The number of rotatable bonds is 0. The summed E-state index contributed by atoms with van der Waals surface area (Å²) in [5.41, 5.74) is 0. The number of carboxylic acids is 2. The van der Waals surface area contributed by atoms with E-state index in [2.05, 4.69) is 0 Å². The van der Waals surface area contributed by atoms with Crippen molar-refractivity contribution in [1.29, 1.82) is 0 Å². The zero-order valence-corrected chi connectivity index (χ0v) is 7.89. The van der Waals surface area contributed by atoms with Crippen molar-refractivity contribution in [2.45, 2.75) is 0 Å². The largest absolute Gasteiger partial charge is 0.473 e. The Morgan fingerprint density at radius 3 is 1.00 bits per heavy atom. The first-order valence-corrected chi connectivity index (χ1v) is 1.11. The van der Waals surface area contributed by atoms with Gasteiger partial charge in [-0.3, -0.25) is 0 Å². The van der Waals surface area contributed by atoms with Crippen LogP contribution >= 0.6 is 0 Å². The Morgan fingerprint density at radius 1 is 0.889 bits per heavy atom. The van der Waals surface area contributed by atoms with E-state index in [1.54, 1.807) is 0 Å². The smallest absolute Gasteiger partial charge is 0.414 e. The van der Waals surface area contributed by atoms with E-state index in [-0.39, 0.29) is 56.4 Å². The maximum atomic E-state index is 9.10. The Balaban J connectivity index is -0.0000000417. The van der Waals surface area contributed by atoms with Crippen molar-refractivity contribution in [1.82, 2.24) is 0 Å². The average Bonchev–Trinajstić information content (AvgIpc) is 1.36. The van der Waals surface area contributed by atoms with Gasteiger partial charge in [0.1, 0.15) is 0 Å². The molecule has 6 nitrogen and oxygen atoms in total. The Hall–Kier alpha value is 0.341. The maximum Gasteiger partial charge on any atom is 0.414 e. The van der Waals surface area contributed by atoms with Crippen molar-refractivity contribution >= 4 is 57.4 Å². The molecule has 0 aliphatic heterocycles. The molecule has 0 aromatic carbocycles. The van der Waals surface area contributed by atoms with Crippen LogP contribution in [0.5, 0.6) is 0 Å². The fraction of sp³-hybridized carbons (Fsp3) is 0. The minimum absolute atomic E-state index is 0. The molecule has 2 radical (unpaired) electrons.